The third-order valence-corrected chi connectivity index (χ3v) is 8.78. The highest BCUT2D eigenvalue weighted by atomic mass is 32.2. The van der Waals surface area contributed by atoms with Crippen molar-refractivity contribution in [3.63, 3.8) is 0 Å². The molecular weight excluding hydrogens is 450 g/mol. The van der Waals surface area contributed by atoms with Gasteiger partial charge in [0.1, 0.15) is 0 Å². The molecule has 0 aliphatic carbocycles. The number of nitrogens with one attached hydrogen (secondary N) is 1. The Morgan fingerprint density at radius 2 is 1.71 bits per heavy atom. The number of amides is 1. The smallest absolute Gasteiger partial charge is 0.253 e. The normalized spacial score (nSPS) is 22.8. The number of fused-ring (bicyclic) bond motifs is 1. The zero-order chi connectivity index (χ0) is 23.9. The number of hydrogen-bond donors (Lipinski definition) is 1. The van der Waals surface area contributed by atoms with Gasteiger partial charge >= 0.3 is 0 Å². The summed E-state index contributed by atoms with van der Waals surface area (Å²) in [7, 11) is -3.69. The average Bonchev–Trinajstić information content (AvgIpc) is 3.27. The number of para-hydroxylation sites is 1. The van der Waals surface area contributed by atoms with Crippen LogP contribution >= 0.6 is 0 Å². The molecule has 0 spiro atoms. The number of aromatic nitrogens is 1. The maximum atomic E-state index is 13.3. The molecule has 0 bridgehead atoms. The van der Waals surface area contributed by atoms with Crippen molar-refractivity contribution in [3.05, 3.63) is 65.9 Å². The van der Waals surface area contributed by atoms with Crippen LogP contribution in [0, 0.1) is 0 Å². The summed E-state index contributed by atoms with van der Waals surface area (Å²) in [5.74, 6) is 0.287. The minimum atomic E-state index is -3.69. The van der Waals surface area contributed by atoms with E-state index in [4.69, 9.17) is 4.74 Å². The van der Waals surface area contributed by atoms with Gasteiger partial charge < -0.3 is 14.6 Å². The zero-order valence-electron chi connectivity index (χ0n) is 19.6. The summed E-state index contributed by atoms with van der Waals surface area (Å²) in [6.45, 7) is 5.67. The van der Waals surface area contributed by atoms with Crippen LogP contribution in [0.3, 0.4) is 0 Å². The number of benzene rings is 2. The molecule has 3 heterocycles. The summed E-state index contributed by atoms with van der Waals surface area (Å²) in [6, 6.07) is 14.8. The summed E-state index contributed by atoms with van der Waals surface area (Å²) in [4.78, 5) is 18.6. The van der Waals surface area contributed by atoms with Gasteiger partial charge in [-0.05, 0) is 62.4 Å². The summed E-state index contributed by atoms with van der Waals surface area (Å²) < 4.78 is 33.6. The van der Waals surface area contributed by atoms with Gasteiger partial charge in [-0.1, -0.05) is 24.3 Å². The maximum absolute atomic E-state index is 13.3. The fraction of sp³-hybridized carbons (Fsp3) is 0.423. The van der Waals surface area contributed by atoms with Gasteiger partial charge in [0.2, 0.25) is 10.0 Å². The predicted octanol–water partition coefficient (Wildman–Crippen LogP) is 3.99. The molecule has 0 saturated carbocycles. The minimum Gasteiger partial charge on any atom is -0.373 e. The molecule has 34 heavy (non-hydrogen) atoms. The van der Waals surface area contributed by atoms with Gasteiger partial charge in [0.15, 0.2) is 0 Å². The van der Waals surface area contributed by atoms with Gasteiger partial charge in [-0.3, -0.25) is 4.79 Å². The second-order valence-corrected chi connectivity index (χ2v) is 11.4. The van der Waals surface area contributed by atoms with Crippen LogP contribution in [0.15, 0.2) is 59.6 Å². The third kappa shape index (κ3) is 4.37. The second kappa shape index (κ2) is 9.17. The van der Waals surface area contributed by atoms with E-state index in [-0.39, 0.29) is 23.0 Å². The van der Waals surface area contributed by atoms with Crippen molar-refractivity contribution < 1.29 is 17.9 Å². The molecule has 2 aliphatic heterocycles. The number of aromatic amines is 1. The van der Waals surface area contributed by atoms with Crippen molar-refractivity contribution in [1.29, 1.82) is 0 Å². The molecule has 5 rings (SSSR count). The van der Waals surface area contributed by atoms with Gasteiger partial charge in [0, 0.05) is 48.8 Å². The van der Waals surface area contributed by atoms with Crippen molar-refractivity contribution in [3.8, 4) is 0 Å². The first-order valence-electron chi connectivity index (χ1n) is 11.9. The Morgan fingerprint density at radius 1 is 1.00 bits per heavy atom. The Morgan fingerprint density at radius 3 is 2.44 bits per heavy atom. The van der Waals surface area contributed by atoms with Crippen molar-refractivity contribution in [1.82, 2.24) is 14.2 Å². The van der Waals surface area contributed by atoms with E-state index in [1.165, 1.54) is 21.3 Å². The van der Waals surface area contributed by atoms with Crippen molar-refractivity contribution in [2.45, 2.75) is 49.7 Å². The molecule has 0 radical (unpaired) electrons. The van der Waals surface area contributed by atoms with E-state index in [2.05, 4.69) is 29.4 Å². The number of morpholine rings is 1. The molecule has 2 saturated heterocycles. The minimum absolute atomic E-state index is 0.113. The van der Waals surface area contributed by atoms with Crippen molar-refractivity contribution in [2.75, 3.05) is 26.2 Å². The lowest BCUT2D eigenvalue weighted by Gasteiger charge is -2.34. The molecule has 7 nitrogen and oxygen atoms in total. The number of likely N-dealkylation sites (tertiary alicyclic amines) is 1. The van der Waals surface area contributed by atoms with Crippen LogP contribution in [0.4, 0.5) is 0 Å². The maximum Gasteiger partial charge on any atom is 0.253 e. The fourth-order valence-corrected chi connectivity index (χ4v) is 6.91. The lowest BCUT2D eigenvalue weighted by atomic mass is 9.89. The molecule has 1 amide bonds. The highest BCUT2D eigenvalue weighted by molar-refractivity contribution is 7.89. The molecule has 180 valence electrons. The highest BCUT2D eigenvalue weighted by Crippen LogP contribution is 2.33. The zero-order valence-corrected chi connectivity index (χ0v) is 20.4. The van der Waals surface area contributed by atoms with Gasteiger partial charge in [-0.15, -0.1) is 0 Å². The number of rotatable bonds is 4. The van der Waals surface area contributed by atoms with Gasteiger partial charge in [0.25, 0.3) is 5.91 Å². The van der Waals surface area contributed by atoms with Crippen LogP contribution < -0.4 is 0 Å². The molecule has 2 fully saturated rings. The Hall–Kier alpha value is -2.68. The molecular formula is C26H31N3O4S. The van der Waals surface area contributed by atoms with Crippen LogP contribution in [-0.4, -0.2) is 66.9 Å². The summed E-state index contributed by atoms with van der Waals surface area (Å²) >= 11 is 0. The number of carbonyl (C=O) groups is 1. The first kappa shape index (κ1) is 23.1. The van der Waals surface area contributed by atoms with Gasteiger partial charge in [-0.25, -0.2) is 8.42 Å². The first-order chi connectivity index (χ1) is 16.3. The lowest BCUT2D eigenvalue weighted by Crippen LogP contribution is -2.48. The number of nitrogens with zero attached hydrogens (tertiary/aromatic N) is 2. The van der Waals surface area contributed by atoms with E-state index in [0.717, 1.165) is 18.4 Å². The Bertz CT molecular complexity index is 1280. The number of hydrogen-bond acceptors (Lipinski definition) is 4. The molecule has 8 heteroatoms. The second-order valence-electron chi connectivity index (χ2n) is 9.46. The Balaban J connectivity index is 1.29. The number of sulfonamides is 1. The topological polar surface area (TPSA) is 82.7 Å². The molecule has 2 aromatic carbocycles. The van der Waals surface area contributed by atoms with Crippen LogP contribution in [0.1, 0.15) is 48.5 Å². The fourth-order valence-electron chi connectivity index (χ4n) is 5.27. The van der Waals surface area contributed by atoms with E-state index < -0.39 is 10.0 Å². The summed E-state index contributed by atoms with van der Waals surface area (Å²) in [5, 5.41) is 1.25. The first-order valence-corrected chi connectivity index (χ1v) is 13.4. The van der Waals surface area contributed by atoms with Crippen LogP contribution in [-0.2, 0) is 14.8 Å². The third-order valence-electron chi connectivity index (χ3n) is 6.95. The van der Waals surface area contributed by atoms with Gasteiger partial charge in [0.05, 0.1) is 17.1 Å². The molecule has 3 aromatic rings. The van der Waals surface area contributed by atoms with E-state index in [1.807, 2.05) is 24.8 Å². The summed E-state index contributed by atoms with van der Waals surface area (Å²) in [5.41, 5.74) is 2.86. The van der Waals surface area contributed by atoms with E-state index in [1.54, 1.807) is 18.2 Å². The van der Waals surface area contributed by atoms with Crippen molar-refractivity contribution in [2.24, 2.45) is 0 Å². The van der Waals surface area contributed by atoms with Crippen LogP contribution in [0.2, 0.25) is 0 Å². The standard InChI is InChI=1S/C26H31N3O4S/c1-18-16-29(17-19(2)33-18)34(31,32)22-7-5-6-21(14-22)26(30)28-12-10-20(11-13-28)24-15-27-25-9-4-3-8-23(24)25/h3-9,14-15,18-20,27H,10-13,16-17H2,1-2H3. The lowest BCUT2D eigenvalue weighted by molar-refractivity contribution is -0.0440. The molecule has 2 atom stereocenters. The highest BCUT2D eigenvalue weighted by Gasteiger charge is 2.33. The Labute approximate surface area is 200 Å². The number of carbonyl (C=O) groups excluding carboxylic acids is 1. The monoisotopic (exact) mass is 481 g/mol. The Kier molecular flexibility index (Phi) is 6.22. The molecule has 2 unspecified atom stereocenters. The van der Waals surface area contributed by atoms with E-state index in [0.29, 0.717) is 37.7 Å². The van der Waals surface area contributed by atoms with Crippen LogP contribution in [0.25, 0.3) is 10.9 Å². The molecule has 1 aromatic heterocycles. The quantitative estimate of drug-likeness (QED) is 0.611. The number of ether oxygens (including phenoxy) is 1. The van der Waals surface area contributed by atoms with Crippen LogP contribution in [0.5, 0.6) is 0 Å². The van der Waals surface area contributed by atoms with E-state index in [9.17, 15) is 13.2 Å². The largest absolute Gasteiger partial charge is 0.373 e. The SMILES string of the molecule is CC1CN(S(=O)(=O)c2cccc(C(=O)N3CCC(c4c[nH]c5ccccc45)CC3)c2)CC(C)O1. The van der Waals surface area contributed by atoms with Gasteiger partial charge in [-0.2, -0.15) is 4.31 Å². The molecule has 2 aliphatic rings. The number of piperidine rings is 1. The van der Waals surface area contributed by atoms with Crippen molar-refractivity contribution >= 4 is 26.8 Å². The number of H-pyrrole nitrogens is 1. The predicted molar refractivity (Wildman–Crippen MR) is 131 cm³/mol. The molecule has 1 N–H and O–H groups in total. The summed E-state index contributed by atoms with van der Waals surface area (Å²) in [6.07, 6.45) is 3.53. The average molecular weight is 482 g/mol. The van der Waals surface area contributed by atoms with E-state index >= 15 is 0 Å².